The molecule has 0 bridgehead atoms. The quantitative estimate of drug-likeness (QED) is 0.482. The van der Waals surface area contributed by atoms with Crippen molar-refractivity contribution in [2.24, 2.45) is 5.41 Å². The van der Waals surface area contributed by atoms with Gasteiger partial charge in [-0.05, 0) is 36.5 Å². The molecule has 8 heteroatoms. The SMILES string of the molecule is COc1cc(OC)c(C2CC(=O)N(c3cc(C)c(Cl)cc3OC)C3=C2C(=O)CC(C)(C)C3)cc1OC. The molecule has 4 rings (SSSR count). The smallest absolute Gasteiger partial charge is 0.232 e. The molecule has 1 amide bonds. The first-order chi connectivity index (χ1) is 17.0. The maximum atomic E-state index is 13.9. The van der Waals surface area contributed by atoms with Gasteiger partial charge in [-0.15, -0.1) is 0 Å². The third kappa shape index (κ3) is 4.41. The van der Waals surface area contributed by atoms with Crippen molar-refractivity contribution in [2.45, 2.75) is 46.0 Å². The first-order valence-electron chi connectivity index (χ1n) is 11.8. The third-order valence-corrected chi connectivity index (χ3v) is 7.36. The number of carbonyl (C=O) groups is 2. The highest BCUT2D eigenvalue weighted by Crippen LogP contribution is 2.52. The summed E-state index contributed by atoms with van der Waals surface area (Å²) in [5.41, 5.74) is 3.10. The first-order valence-corrected chi connectivity index (χ1v) is 12.2. The van der Waals surface area contributed by atoms with Crippen LogP contribution in [-0.4, -0.2) is 40.1 Å². The fourth-order valence-electron chi connectivity index (χ4n) is 5.27. The van der Waals surface area contributed by atoms with Gasteiger partial charge in [0.2, 0.25) is 5.91 Å². The lowest BCUT2D eigenvalue weighted by Crippen LogP contribution is -2.44. The average Bonchev–Trinajstić information content (AvgIpc) is 2.83. The van der Waals surface area contributed by atoms with Crippen LogP contribution < -0.4 is 23.8 Å². The summed E-state index contributed by atoms with van der Waals surface area (Å²) in [6.45, 7) is 5.97. The van der Waals surface area contributed by atoms with Gasteiger partial charge in [0.1, 0.15) is 11.5 Å². The van der Waals surface area contributed by atoms with Crippen LogP contribution in [0, 0.1) is 12.3 Å². The number of rotatable bonds is 6. The highest BCUT2D eigenvalue weighted by molar-refractivity contribution is 6.31. The van der Waals surface area contributed by atoms with E-state index < -0.39 is 5.92 Å². The van der Waals surface area contributed by atoms with Crippen molar-refractivity contribution in [1.82, 2.24) is 0 Å². The number of allylic oxidation sites excluding steroid dienone is 2. The molecule has 1 unspecified atom stereocenters. The summed E-state index contributed by atoms with van der Waals surface area (Å²) in [5.74, 6) is 1.41. The molecule has 0 aromatic heterocycles. The molecule has 0 saturated heterocycles. The van der Waals surface area contributed by atoms with E-state index in [0.717, 1.165) is 5.56 Å². The number of amides is 1. The number of methoxy groups -OCH3 is 4. The van der Waals surface area contributed by atoms with Gasteiger partial charge in [0.25, 0.3) is 0 Å². The molecule has 0 saturated carbocycles. The molecule has 7 nitrogen and oxygen atoms in total. The zero-order chi connectivity index (χ0) is 26.4. The zero-order valence-corrected chi connectivity index (χ0v) is 22.5. The van der Waals surface area contributed by atoms with Crippen molar-refractivity contribution in [2.75, 3.05) is 33.3 Å². The van der Waals surface area contributed by atoms with E-state index in [-0.39, 0.29) is 23.5 Å². The Bertz CT molecular complexity index is 1270. The molecular formula is C28H32ClNO6. The molecule has 0 fully saturated rings. The summed E-state index contributed by atoms with van der Waals surface area (Å²) < 4.78 is 22.3. The van der Waals surface area contributed by atoms with Gasteiger partial charge in [-0.1, -0.05) is 25.4 Å². The normalized spacial score (nSPS) is 19.2. The summed E-state index contributed by atoms with van der Waals surface area (Å²) in [6, 6.07) is 7.08. The van der Waals surface area contributed by atoms with Gasteiger partial charge in [0.05, 0.1) is 34.1 Å². The van der Waals surface area contributed by atoms with Gasteiger partial charge in [0.15, 0.2) is 17.3 Å². The fraction of sp³-hybridized carbons (Fsp3) is 0.429. The van der Waals surface area contributed by atoms with Gasteiger partial charge < -0.3 is 18.9 Å². The second kappa shape index (κ2) is 9.69. The van der Waals surface area contributed by atoms with Crippen molar-refractivity contribution in [3.8, 4) is 23.0 Å². The van der Waals surface area contributed by atoms with Crippen LogP contribution in [0.5, 0.6) is 23.0 Å². The van der Waals surface area contributed by atoms with Crippen molar-refractivity contribution in [1.29, 1.82) is 0 Å². The van der Waals surface area contributed by atoms with Crippen LogP contribution in [-0.2, 0) is 9.59 Å². The highest BCUT2D eigenvalue weighted by atomic mass is 35.5. The molecular weight excluding hydrogens is 482 g/mol. The van der Waals surface area contributed by atoms with Crippen molar-refractivity contribution >= 4 is 29.0 Å². The second-order valence-electron chi connectivity index (χ2n) is 10.0. The number of hydrogen-bond donors (Lipinski definition) is 0. The number of ether oxygens (including phenoxy) is 4. The number of carbonyl (C=O) groups excluding carboxylic acids is 2. The second-order valence-corrected chi connectivity index (χ2v) is 10.4. The first kappa shape index (κ1) is 25.9. The molecule has 1 aliphatic carbocycles. The summed E-state index contributed by atoms with van der Waals surface area (Å²) in [7, 11) is 6.20. The maximum Gasteiger partial charge on any atom is 0.232 e. The summed E-state index contributed by atoms with van der Waals surface area (Å²) in [4.78, 5) is 29.3. The minimum Gasteiger partial charge on any atom is -0.496 e. The van der Waals surface area contributed by atoms with Crippen molar-refractivity contribution < 1.29 is 28.5 Å². The van der Waals surface area contributed by atoms with Crippen molar-refractivity contribution in [3.63, 3.8) is 0 Å². The van der Waals surface area contributed by atoms with E-state index in [2.05, 4.69) is 0 Å². The Morgan fingerprint density at radius 1 is 0.861 bits per heavy atom. The number of benzene rings is 2. The number of ketones is 1. The predicted octanol–water partition coefficient (Wildman–Crippen LogP) is 5.85. The molecule has 2 aromatic rings. The molecule has 36 heavy (non-hydrogen) atoms. The Balaban J connectivity index is 1.98. The van der Waals surface area contributed by atoms with E-state index in [1.54, 1.807) is 51.5 Å². The summed E-state index contributed by atoms with van der Waals surface area (Å²) in [5, 5.41) is 0.544. The maximum absolute atomic E-state index is 13.9. The average molecular weight is 514 g/mol. The molecule has 1 heterocycles. The van der Waals surface area contributed by atoms with Crippen LogP contribution in [0.15, 0.2) is 35.5 Å². The van der Waals surface area contributed by atoms with Crippen LogP contribution in [0.2, 0.25) is 5.02 Å². The molecule has 0 N–H and O–H groups in total. The number of aryl methyl sites for hydroxylation is 1. The fourth-order valence-corrected chi connectivity index (χ4v) is 5.43. The minimum absolute atomic E-state index is 0.0187. The Hall–Kier alpha value is -3.19. The van der Waals surface area contributed by atoms with Gasteiger partial charge in [0, 0.05) is 52.7 Å². The van der Waals surface area contributed by atoms with Crippen LogP contribution >= 0.6 is 11.6 Å². The van der Waals surface area contributed by atoms with Crippen molar-refractivity contribution in [3.05, 3.63) is 51.7 Å². The van der Waals surface area contributed by atoms with E-state index in [1.165, 1.54) is 0 Å². The van der Waals surface area contributed by atoms with Crippen LogP contribution in [0.1, 0.15) is 50.2 Å². The standard InChI is InChI=1S/C28H32ClNO6/c1-15-8-19(23(34-5)11-18(15)29)30-20-13-28(2,3)14-21(31)27(20)17(10-26(30)32)16-9-24(35-6)25(36-7)12-22(16)33-4/h8-9,11-12,17H,10,13-14H2,1-7H3. The molecule has 1 atom stereocenters. The molecule has 192 valence electrons. The number of anilines is 1. The highest BCUT2D eigenvalue weighted by Gasteiger charge is 2.46. The van der Waals surface area contributed by atoms with E-state index >= 15 is 0 Å². The molecule has 2 aromatic carbocycles. The Morgan fingerprint density at radius 3 is 2.08 bits per heavy atom. The Labute approximate surface area is 216 Å². The lowest BCUT2D eigenvalue weighted by Gasteiger charge is -2.43. The van der Waals surface area contributed by atoms with Crippen LogP contribution in [0.4, 0.5) is 5.69 Å². The van der Waals surface area contributed by atoms with Gasteiger partial charge >= 0.3 is 0 Å². The summed E-state index contributed by atoms with van der Waals surface area (Å²) >= 11 is 6.35. The lowest BCUT2D eigenvalue weighted by molar-refractivity contribution is -0.121. The molecule has 2 aliphatic rings. The van der Waals surface area contributed by atoms with E-state index in [9.17, 15) is 9.59 Å². The zero-order valence-electron chi connectivity index (χ0n) is 21.8. The predicted molar refractivity (Wildman–Crippen MR) is 139 cm³/mol. The van der Waals surface area contributed by atoms with Gasteiger partial charge in [-0.2, -0.15) is 0 Å². The van der Waals surface area contributed by atoms with Crippen LogP contribution in [0.3, 0.4) is 0 Å². The monoisotopic (exact) mass is 513 g/mol. The largest absolute Gasteiger partial charge is 0.496 e. The van der Waals surface area contributed by atoms with E-state index in [0.29, 0.717) is 63.4 Å². The van der Waals surface area contributed by atoms with E-state index in [1.807, 2.05) is 26.8 Å². The minimum atomic E-state index is -0.485. The molecule has 0 spiro atoms. The molecule has 1 aliphatic heterocycles. The van der Waals surface area contributed by atoms with Gasteiger partial charge in [-0.25, -0.2) is 0 Å². The number of hydrogen-bond acceptors (Lipinski definition) is 6. The lowest BCUT2D eigenvalue weighted by atomic mass is 9.69. The van der Waals surface area contributed by atoms with E-state index in [4.69, 9.17) is 30.5 Å². The topological polar surface area (TPSA) is 74.3 Å². The number of halogens is 1. The number of nitrogens with zero attached hydrogens (tertiary/aromatic N) is 1. The number of Topliss-reactive ketones (excluding diaryl/α,β-unsaturated/α-hetero) is 1. The van der Waals surface area contributed by atoms with Gasteiger partial charge in [-0.3, -0.25) is 14.5 Å². The van der Waals surface area contributed by atoms with Crippen LogP contribution in [0.25, 0.3) is 0 Å². The summed E-state index contributed by atoms with van der Waals surface area (Å²) in [6.07, 6.45) is 1.02. The Kier molecular flexibility index (Phi) is 6.97. The third-order valence-electron chi connectivity index (χ3n) is 6.96. The molecule has 0 radical (unpaired) electrons. The Morgan fingerprint density at radius 2 is 1.47 bits per heavy atom.